The van der Waals surface area contributed by atoms with E-state index in [1.165, 1.54) is 0 Å². The Morgan fingerprint density at radius 2 is 1.76 bits per heavy atom. The van der Waals surface area contributed by atoms with Crippen molar-refractivity contribution in [1.82, 2.24) is 10.6 Å². The van der Waals surface area contributed by atoms with Crippen LogP contribution in [0.25, 0.3) is 0 Å². The molecule has 184 valence electrons. The predicted octanol–water partition coefficient (Wildman–Crippen LogP) is 4.62. The molecule has 7 heteroatoms. The number of benzene rings is 1. The van der Waals surface area contributed by atoms with Gasteiger partial charge in [-0.2, -0.15) is 0 Å². The van der Waals surface area contributed by atoms with E-state index >= 15 is 0 Å². The van der Waals surface area contributed by atoms with Gasteiger partial charge in [-0.25, -0.2) is 4.79 Å². The summed E-state index contributed by atoms with van der Waals surface area (Å²) < 4.78 is 10.9. The second-order valence-corrected chi connectivity index (χ2v) is 10.4. The molecule has 33 heavy (non-hydrogen) atoms. The van der Waals surface area contributed by atoms with Crippen molar-refractivity contribution in [2.24, 2.45) is 23.7 Å². The Labute approximate surface area is 198 Å². The Hall–Kier alpha value is -2.57. The third kappa shape index (κ3) is 9.06. The van der Waals surface area contributed by atoms with Crippen molar-refractivity contribution in [1.29, 1.82) is 0 Å². The van der Waals surface area contributed by atoms with E-state index in [1.54, 1.807) is 20.8 Å². The summed E-state index contributed by atoms with van der Waals surface area (Å²) in [6.45, 7) is 11.6. The maximum absolute atomic E-state index is 13.0. The molecule has 1 aliphatic rings. The lowest BCUT2D eigenvalue weighted by Crippen LogP contribution is -2.42. The first-order valence-corrected chi connectivity index (χ1v) is 11.9. The smallest absolute Gasteiger partial charge is 0.408 e. The standard InChI is InChI=1S/C26H40N2O5/c1-17(2)20-13-12-18(3)14-21(20)24(30)32-16-22(19-10-8-7-9-11-19)28-23(29)15-27-25(31)33-26(4,5)6/h7-11,17-18,20-22H,12-16H2,1-6H3,(H,27,31)(H,28,29)/t18-,20+,21-,22-/m1/s1. The van der Waals surface area contributed by atoms with Gasteiger partial charge in [0.1, 0.15) is 18.8 Å². The minimum absolute atomic E-state index is 0.0384. The van der Waals surface area contributed by atoms with Gasteiger partial charge in [-0.05, 0) is 56.9 Å². The van der Waals surface area contributed by atoms with Crippen LogP contribution in [0.2, 0.25) is 0 Å². The lowest BCUT2D eigenvalue weighted by Gasteiger charge is -2.36. The van der Waals surface area contributed by atoms with Crippen LogP contribution in [0.3, 0.4) is 0 Å². The van der Waals surface area contributed by atoms with E-state index in [0.29, 0.717) is 17.8 Å². The highest BCUT2D eigenvalue weighted by molar-refractivity contribution is 5.82. The second kappa shape index (κ2) is 12.1. The first kappa shape index (κ1) is 26.7. The first-order chi connectivity index (χ1) is 15.5. The third-order valence-electron chi connectivity index (χ3n) is 6.05. The Morgan fingerprint density at radius 1 is 1.09 bits per heavy atom. The van der Waals surface area contributed by atoms with E-state index in [9.17, 15) is 14.4 Å². The number of alkyl carbamates (subject to hydrolysis) is 1. The fourth-order valence-electron chi connectivity index (χ4n) is 4.36. The van der Waals surface area contributed by atoms with Crippen molar-refractivity contribution >= 4 is 18.0 Å². The highest BCUT2D eigenvalue weighted by Crippen LogP contribution is 2.38. The molecule has 2 N–H and O–H groups in total. The van der Waals surface area contributed by atoms with Gasteiger partial charge in [-0.15, -0.1) is 0 Å². The zero-order chi connectivity index (χ0) is 24.6. The molecule has 1 saturated carbocycles. The van der Waals surface area contributed by atoms with Gasteiger partial charge in [-0.1, -0.05) is 57.5 Å². The normalized spacial score (nSPS) is 21.7. The molecule has 2 rings (SSSR count). The topological polar surface area (TPSA) is 93.7 Å². The number of ether oxygens (including phenoxy) is 2. The highest BCUT2D eigenvalue weighted by Gasteiger charge is 2.36. The molecule has 0 heterocycles. The van der Waals surface area contributed by atoms with Gasteiger partial charge in [0.15, 0.2) is 0 Å². The molecular weight excluding hydrogens is 420 g/mol. The lowest BCUT2D eigenvalue weighted by molar-refractivity contribution is -0.154. The molecule has 0 spiro atoms. The van der Waals surface area contributed by atoms with Crippen molar-refractivity contribution in [3.05, 3.63) is 35.9 Å². The average Bonchev–Trinajstić information content (AvgIpc) is 2.74. The Balaban J connectivity index is 1.99. The summed E-state index contributed by atoms with van der Waals surface area (Å²) in [5.74, 6) is 0.533. The monoisotopic (exact) mass is 460 g/mol. The van der Waals surface area contributed by atoms with E-state index < -0.39 is 23.6 Å². The molecule has 1 fully saturated rings. The zero-order valence-corrected chi connectivity index (χ0v) is 20.9. The van der Waals surface area contributed by atoms with Crippen molar-refractivity contribution < 1.29 is 23.9 Å². The predicted molar refractivity (Wildman–Crippen MR) is 127 cm³/mol. The van der Waals surface area contributed by atoms with Crippen molar-refractivity contribution in [3.8, 4) is 0 Å². The van der Waals surface area contributed by atoms with Gasteiger partial charge in [0, 0.05) is 0 Å². The minimum Gasteiger partial charge on any atom is -0.463 e. The van der Waals surface area contributed by atoms with Gasteiger partial charge in [0.25, 0.3) is 0 Å². The summed E-state index contributed by atoms with van der Waals surface area (Å²) in [7, 11) is 0. The van der Waals surface area contributed by atoms with E-state index in [2.05, 4.69) is 31.4 Å². The van der Waals surface area contributed by atoms with Crippen LogP contribution in [-0.4, -0.2) is 36.7 Å². The van der Waals surface area contributed by atoms with Gasteiger partial charge in [0.05, 0.1) is 12.0 Å². The molecular formula is C26H40N2O5. The molecule has 1 aliphatic carbocycles. The number of nitrogens with one attached hydrogen (secondary N) is 2. The summed E-state index contributed by atoms with van der Waals surface area (Å²) in [6, 6.07) is 8.86. The molecule has 4 atom stereocenters. The van der Waals surface area contributed by atoms with Gasteiger partial charge in [0.2, 0.25) is 5.91 Å². The van der Waals surface area contributed by atoms with E-state index in [1.807, 2.05) is 30.3 Å². The Bertz CT molecular complexity index is 788. The fourth-order valence-corrected chi connectivity index (χ4v) is 4.36. The number of carbonyl (C=O) groups is 3. The second-order valence-electron chi connectivity index (χ2n) is 10.4. The highest BCUT2D eigenvalue weighted by atomic mass is 16.6. The maximum atomic E-state index is 13.0. The summed E-state index contributed by atoms with van der Waals surface area (Å²) >= 11 is 0. The number of esters is 1. The van der Waals surface area contributed by atoms with Crippen LogP contribution in [0, 0.1) is 23.7 Å². The molecule has 7 nitrogen and oxygen atoms in total. The van der Waals surface area contributed by atoms with Crippen LogP contribution >= 0.6 is 0 Å². The number of hydrogen-bond donors (Lipinski definition) is 2. The number of amides is 2. The zero-order valence-electron chi connectivity index (χ0n) is 20.9. The molecule has 0 aliphatic heterocycles. The van der Waals surface area contributed by atoms with Crippen LogP contribution in [0.15, 0.2) is 30.3 Å². The molecule has 0 unspecified atom stereocenters. The summed E-state index contributed by atoms with van der Waals surface area (Å²) in [5.41, 5.74) is 0.180. The molecule has 0 radical (unpaired) electrons. The van der Waals surface area contributed by atoms with Gasteiger partial charge >= 0.3 is 12.1 Å². The fraction of sp³-hybridized carbons (Fsp3) is 0.654. The molecule has 1 aromatic rings. The van der Waals surface area contributed by atoms with Crippen molar-refractivity contribution in [3.63, 3.8) is 0 Å². The Morgan fingerprint density at radius 3 is 2.36 bits per heavy atom. The molecule has 2 amide bonds. The van der Waals surface area contributed by atoms with Crippen LogP contribution in [0.1, 0.15) is 72.4 Å². The molecule has 0 saturated heterocycles. The van der Waals surface area contributed by atoms with E-state index in [-0.39, 0.29) is 25.0 Å². The number of hydrogen-bond acceptors (Lipinski definition) is 5. The third-order valence-corrected chi connectivity index (χ3v) is 6.05. The summed E-state index contributed by atoms with van der Waals surface area (Å²) in [5, 5.41) is 5.32. The SMILES string of the molecule is CC(C)[C@@H]1CC[C@@H](C)C[C@H]1C(=O)OC[C@@H](NC(=O)CNC(=O)OC(C)(C)C)c1ccccc1. The van der Waals surface area contributed by atoms with Crippen LogP contribution < -0.4 is 10.6 Å². The quantitative estimate of drug-likeness (QED) is 0.552. The number of carbonyl (C=O) groups excluding carboxylic acids is 3. The lowest BCUT2D eigenvalue weighted by atomic mass is 9.70. The van der Waals surface area contributed by atoms with Crippen LogP contribution in [0.4, 0.5) is 4.79 Å². The van der Waals surface area contributed by atoms with E-state index in [0.717, 1.165) is 24.8 Å². The van der Waals surface area contributed by atoms with Crippen LogP contribution in [-0.2, 0) is 19.1 Å². The molecule has 1 aromatic carbocycles. The van der Waals surface area contributed by atoms with E-state index in [4.69, 9.17) is 9.47 Å². The summed E-state index contributed by atoms with van der Waals surface area (Å²) in [6.07, 6.45) is 2.35. The summed E-state index contributed by atoms with van der Waals surface area (Å²) in [4.78, 5) is 37.4. The van der Waals surface area contributed by atoms with Crippen molar-refractivity contribution in [2.75, 3.05) is 13.2 Å². The Kier molecular flexibility index (Phi) is 9.74. The average molecular weight is 461 g/mol. The van der Waals surface area contributed by atoms with Crippen molar-refractivity contribution in [2.45, 2.75) is 72.4 Å². The van der Waals surface area contributed by atoms with Gasteiger partial charge in [-0.3, -0.25) is 9.59 Å². The van der Waals surface area contributed by atoms with Crippen LogP contribution in [0.5, 0.6) is 0 Å². The first-order valence-electron chi connectivity index (χ1n) is 11.9. The van der Waals surface area contributed by atoms with Gasteiger partial charge < -0.3 is 20.1 Å². The number of rotatable bonds is 8. The maximum Gasteiger partial charge on any atom is 0.408 e. The molecule has 0 bridgehead atoms. The molecule has 0 aromatic heterocycles. The largest absolute Gasteiger partial charge is 0.463 e. The minimum atomic E-state index is -0.661.